The summed E-state index contributed by atoms with van der Waals surface area (Å²) in [6.45, 7) is 1.64. The van der Waals surface area contributed by atoms with Crippen molar-refractivity contribution in [3.63, 3.8) is 0 Å². The summed E-state index contributed by atoms with van der Waals surface area (Å²) in [5.41, 5.74) is 6.23. The fraction of sp³-hybridized carbons (Fsp3) is 0.750. The Hall–Kier alpha value is -0.980. The second-order valence-electron chi connectivity index (χ2n) is 3.27. The Morgan fingerprint density at radius 1 is 1.71 bits per heavy atom. The quantitative estimate of drug-likeness (QED) is 0.696. The summed E-state index contributed by atoms with van der Waals surface area (Å²) < 4.78 is 12.4. The zero-order chi connectivity index (χ0) is 9.97. The van der Waals surface area contributed by atoms with Crippen molar-refractivity contribution in [3.05, 3.63) is 11.9 Å². The lowest BCUT2D eigenvalue weighted by Gasteiger charge is -2.15. The molecule has 0 aromatic carbocycles. The Morgan fingerprint density at radius 3 is 3.21 bits per heavy atom. The Labute approximate surface area is 82.0 Å². The summed E-state index contributed by atoms with van der Waals surface area (Å²) in [6, 6.07) is 0.118. The molecule has 1 aliphatic heterocycles. The first-order valence-electron chi connectivity index (χ1n) is 4.56. The number of aromatic nitrogens is 3. The Bertz CT molecular complexity index is 301. The van der Waals surface area contributed by atoms with E-state index in [4.69, 9.17) is 15.2 Å². The van der Waals surface area contributed by atoms with Crippen molar-refractivity contribution in [1.29, 1.82) is 0 Å². The molecule has 2 N–H and O–H groups in total. The number of rotatable bonds is 3. The van der Waals surface area contributed by atoms with E-state index in [0.717, 1.165) is 5.69 Å². The van der Waals surface area contributed by atoms with E-state index in [1.165, 1.54) is 0 Å². The van der Waals surface area contributed by atoms with E-state index < -0.39 is 0 Å². The molecule has 2 rings (SSSR count). The third kappa shape index (κ3) is 1.63. The standard InChI is InChI=1S/C8H14N4O2/c1-13-8-5-14-4-7(8)12-3-6(2-9)10-11-12/h3,7-8H,2,4-5,9H2,1H3/t7-,8-/m1/s1. The van der Waals surface area contributed by atoms with Gasteiger partial charge in [0.25, 0.3) is 0 Å². The second-order valence-corrected chi connectivity index (χ2v) is 3.27. The highest BCUT2D eigenvalue weighted by Gasteiger charge is 2.30. The van der Waals surface area contributed by atoms with Gasteiger partial charge in [0.15, 0.2) is 0 Å². The highest BCUT2D eigenvalue weighted by atomic mass is 16.5. The summed E-state index contributed by atoms with van der Waals surface area (Å²) in [6.07, 6.45) is 1.90. The van der Waals surface area contributed by atoms with E-state index in [1.54, 1.807) is 11.8 Å². The van der Waals surface area contributed by atoms with Gasteiger partial charge in [-0.3, -0.25) is 0 Å². The summed E-state index contributed by atoms with van der Waals surface area (Å²) in [7, 11) is 1.67. The van der Waals surface area contributed by atoms with Crippen molar-refractivity contribution in [3.8, 4) is 0 Å². The van der Waals surface area contributed by atoms with Crippen molar-refractivity contribution in [1.82, 2.24) is 15.0 Å². The highest BCUT2D eigenvalue weighted by Crippen LogP contribution is 2.20. The monoisotopic (exact) mass is 198 g/mol. The average Bonchev–Trinajstić information content (AvgIpc) is 2.85. The molecule has 2 heterocycles. The largest absolute Gasteiger partial charge is 0.377 e. The summed E-state index contributed by atoms with van der Waals surface area (Å²) in [5, 5.41) is 7.92. The number of hydrogen-bond donors (Lipinski definition) is 1. The van der Waals surface area contributed by atoms with Gasteiger partial charge in [-0.15, -0.1) is 5.10 Å². The lowest BCUT2D eigenvalue weighted by Crippen LogP contribution is -2.24. The predicted molar refractivity (Wildman–Crippen MR) is 48.6 cm³/mol. The third-order valence-corrected chi connectivity index (χ3v) is 2.41. The molecule has 1 saturated heterocycles. The maximum Gasteiger partial charge on any atom is 0.105 e. The van der Waals surface area contributed by atoms with Gasteiger partial charge in [0, 0.05) is 13.7 Å². The molecule has 0 unspecified atom stereocenters. The van der Waals surface area contributed by atoms with Gasteiger partial charge < -0.3 is 15.2 Å². The van der Waals surface area contributed by atoms with Gasteiger partial charge in [-0.05, 0) is 0 Å². The minimum atomic E-state index is 0.0577. The molecule has 0 bridgehead atoms. The van der Waals surface area contributed by atoms with E-state index in [-0.39, 0.29) is 12.1 Å². The van der Waals surface area contributed by atoms with Gasteiger partial charge in [0.1, 0.15) is 12.1 Å². The maximum absolute atomic E-state index is 5.45. The molecule has 0 spiro atoms. The molecule has 1 fully saturated rings. The maximum atomic E-state index is 5.45. The normalized spacial score (nSPS) is 27.0. The van der Waals surface area contributed by atoms with E-state index in [9.17, 15) is 0 Å². The number of ether oxygens (including phenoxy) is 2. The average molecular weight is 198 g/mol. The van der Waals surface area contributed by atoms with Crippen molar-refractivity contribution in [2.24, 2.45) is 5.73 Å². The molecule has 0 radical (unpaired) electrons. The lowest BCUT2D eigenvalue weighted by atomic mass is 10.2. The van der Waals surface area contributed by atoms with Crippen LogP contribution in [0.5, 0.6) is 0 Å². The number of nitrogens with two attached hydrogens (primary N) is 1. The first kappa shape index (κ1) is 9.57. The van der Waals surface area contributed by atoms with Gasteiger partial charge in [-0.25, -0.2) is 4.68 Å². The summed E-state index contributed by atoms with van der Waals surface area (Å²) in [4.78, 5) is 0. The minimum Gasteiger partial charge on any atom is -0.377 e. The van der Waals surface area contributed by atoms with Gasteiger partial charge >= 0.3 is 0 Å². The van der Waals surface area contributed by atoms with Crippen LogP contribution >= 0.6 is 0 Å². The van der Waals surface area contributed by atoms with Crippen molar-refractivity contribution in [2.45, 2.75) is 18.7 Å². The lowest BCUT2D eigenvalue weighted by molar-refractivity contribution is 0.0661. The number of nitrogens with zero attached hydrogens (tertiary/aromatic N) is 3. The molecule has 0 amide bonds. The number of methoxy groups -OCH3 is 1. The van der Waals surface area contributed by atoms with Crippen LogP contribution in [-0.4, -0.2) is 41.4 Å². The molecule has 0 saturated carbocycles. The van der Waals surface area contributed by atoms with Crippen LogP contribution in [0, 0.1) is 0 Å². The topological polar surface area (TPSA) is 75.2 Å². The molecule has 2 atom stereocenters. The van der Waals surface area contributed by atoms with Crippen LogP contribution in [0.4, 0.5) is 0 Å². The van der Waals surface area contributed by atoms with Crippen LogP contribution in [0.3, 0.4) is 0 Å². The van der Waals surface area contributed by atoms with Crippen LogP contribution in [0.1, 0.15) is 11.7 Å². The Morgan fingerprint density at radius 2 is 2.57 bits per heavy atom. The molecule has 0 aliphatic carbocycles. The Balaban J connectivity index is 2.13. The summed E-state index contributed by atoms with van der Waals surface area (Å²) >= 11 is 0. The zero-order valence-electron chi connectivity index (χ0n) is 8.09. The Kier molecular flexibility index (Phi) is 2.76. The van der Waals surface area contributed by atoms with E-state index in [0.29, 0.717) is 19.8 Å². The molecule has 14 heavy (non-hydrogen) atoms. The van der Waals surface area contributed by atoms with Gasteiger partial charge in [0.2, 0.25) is 0 Å². The van der Waals surface area contributed by atoms with Crippen molar-refractivity contribution >= 4 is 0 Å². The smallest absolute Gasteiger partial charge is 0.105 e. The van der Waals surface area contributed by atoms with Crippen molar-refractivity contribution < 1.29 is 9.47 Å². The fourth-order valence-electron chi connectivity index (χ4n) is 1.56. The molecule has 1 aliphatic rings. The fourth-order valence-corrected chi connectivity index (χ4v) is 1.56. The second kappa shape index (κ2) is 4.04. The van der Waals surface area contributed by atoms with Crippen LogP contribution in [0.2, 0.25) is 0 Å². The van der Waals surface area contributed by atoms with Crippen molar-refractivity contribution in [2.75, 3.05) is 20.3 Å². The van der Waals surface area contributed by atoms with Gasteiger partial charge in [-0.1, -0.05) is 5.21 Å². The van der Waals surface area contributed by atoms with Crippen LogP contribution in [-0.2, 0) is 16.0 Å². The molecule has 6 heteroatoms. The molecular formula is C8H14N4O2. The van der Waals surface area contributed by atoms with Crippen LogP contribution < -0.4 is 5.73 Å². The molecule has 1 aromatic rings. The van der Waals surface area contributed by atoms with E-state index in [2.05, 4.69) is 10.3 Å². The van der Waals surface area contributed by atoms with E-state index >= 15 is 0 Å². The van der Waals surface area contributed by atoms with Gasteiger partial charge in [0.05, 0.1) is 25.1 Å². The zero-order valence-corrected chi connectivity index (χ0v) is 8.09. The molecule has 78 valence electrons. The first-order valence-corrected chi connectivity index (χ1v) is 4.56. The molecule has 1 aromatic heterocycles. The van der Waals surface area contributed by atoms with Gasteiger partial charge in [-0.2, -0.15) is 0 Å². The minimum absolute atomic E-state index is 0.0577. The van der Waals surface area contributed by atoms with Crippen LogP contribution in [0.25, 0.3) is 0 Å². The molecule has 6 nitrogen and oxygen atoms in total. The first-order chi connectivity index (χ1) is 6.85. The third-order valence-electron chi connectivity index (χ3n) is 2.41. The predicted octanol–water partition coefficient (Wildman–Crippen LogP) is -0.677. The summed E-state index contributed by atoms with van der Waals surface area (Å²) in [5.74, 6) is 0. The SMILES string of the molecule is CO[C@@H]1COC[C@H]1n1cc(CN)nn1. The number of hydrogen-bond acceptors (Lipinski definition) is 5. The highest BCUT2D eigenvalue weighted by molar-refractivity contribution is 4.94. The molecular weight excluding hydrogens is 184 g/mol. The van der Waals surface area contributed by atoms with Crippen LogP contribution in [0.15, 0.2) is 6.20 Å². The van der Waals surface area contributed by atoms with E-state index in [1.807, 2.05) is 6.20 Å².